The minimum Gasteiger partial charge on any atom is -0.381 e. The summed E-state index contributed by atoms with van der Waals surface area (Å²) in [5.41, 5.74) is 0. The molecule has 21 heavy (non-hydrogen) atoms. The van der Waals surface area contributed by atoms with E-state index in [1.54, 1.807) is 29.6 Å². The summed E-state index contributed by atoms with van der Waals surface area (Å²) in [5, 5.41) is 10.4. The van der Waals surface area contributed by atoms with Crippen LogP contribution in [-0.2, 0) is 0 Å². The van der Waals surface area contributed by atoms with Gasteiger partial charge in [0.15, 0.2) is 0 Å². The predicted octanol–water partition coefficient (Wildman–Crippen LogP) is 4.09. The number of aliphatic hydroxyl groups is 1. The van der Waals surface area contributed by atoms with Crippen LogP contribution in [0.2, 0.25) is 0 Å². The lowest BCUT2D eigenvalue weighted by Crippen LogP contribution is -1.91. The van der Waals surface area contributed by atoms with Crippen molar-refractivity contribution in [1.29, 1.82) is 0 Å². The lowest BCUT2D eigenvalue weighted by atomic mass is 10.2. The molecule has 3 rings (SSSR count). The summed E-state index contributed by atoms with van der Waals surface area (Å²) in [6.07, 6.45) is -0.597. The first-order valence-corrected chi connectivity index (χ1v) is 8.14. The van der Waals surface area contributed by atoms with Crippen molar-refractivity contribution >= 4 is 32.8 Å². The Balaban J connectivity index is 1.83. The molecule has 1 nitrogen and oxygen atoms in total. The second-order valence-electron chi connectivity index (χ2n) is 4.51. The minimum absolute atomic E-state index is 0.597. The van der Waals surface area contributed by atoms with Crippen LogP contribution in [0.25, 0.3) is 10.1 Å². The van der Waals surface area contributed by atoms with E-state index in [4.69, 9.17) is 5.11 Å². The molecule has 1 aromatic carbocycles. The molecule has 0 aliphatic heterocycles. The number of benzene rings is 1. The second-order valence-corrected chi connectivity index (χ2v) is 6.68. The summed E-state index contributed by atoms with van der Waals surface area (Å²) < 4.78 is 1.26. The molecule has 0 aliphatic carbocycles. The van der Waals surface area contributed by atoms with Crippen LogP contribution in [0.4, 0.5) is 0 Å². The van der Waals surface area contributed by atoms with Gasteiger partial charge in [0.1, 0.15) is 6.10 Å². The average Bonchev–Trinajstić information content (AvgIpc) is 3.09. The lowest BCUT2D eigenvalue weighted by molar-refractivity contribution is 0.253. The topological polar surface area (TPSA) is 20.2 Å². The van der Waals surface area contributed by atoms with Gasteiger partial charge >= 0.3 is 0 Å². The maximum absolute atomic E-state index is 9.15. The summed E-state index contributed by atoms with van der Waals surface area (Å²) in [5.74, 6) is 12.1. The third-order valence-electron chi connectivity index (χ3n) is 2.74. The number of hydrogen-bond donors (Lipinski definition) is 1. The number of aliphatic hydroxyl groups excluding tert-OH is 1. The molecule has 2 heterocycles. The largest absolute Gasteiger partial charge is 0.381 e. The molecule has 0 fully saturated rings. The summed E-state index contributed by atoms with van der Waals surface area (Å²) in [4.78, 5) is 2.99. The van der Waals surface area contributed by atoms with Gasteiger partial charge in [0.2, 0.25) is 0 Å². The van der Waals surface area contributed by atoms with Crippen LogP contribution in [-0.4, -0.2) is 11.2 Å². The van der Waals surface area contributed by atoms with Gasteiger partial charge in [-0.2, -0.15) is 0 Å². The van der Waals surface area contributed by atoms with Gasteiger partial charge in [-0.05, 0) is 48.4 Å². The minimum atomic E-state index is -0.597. The highest BCUT2D eigenvalue weighted by atomic mass is 32.1. The Bertz CT molecular complexity index is 859. The van der Waals surface area contributed by atoms with Crippen molar-refractivity contribution in [3.63, 3.8) is 0 Å². The standard InChI is InChI=1S/C18H12OS2/c1-13(19)6-7-15-8-9-16(20-15)10-11-17-12-14-4-2-3-5-18(14)21-17/h2-5,8-9,12-13,19H,1H3. The Hall–Kier alpha value is -2.04. The zero-order chi connectivity index (χ0) is 14.7. The summed E-state index contributed by atoms with van der Waals surface area (Å²) in [7, 11) is 0. The van der Waals surface area contributed by atoms with Gasteiger partial charge in [-0.15, -0.1) is 22.7 Å². The van der Waals surface area contributed by atoms with Gasteiger partial charge in [0, 0.05) is 4.70 Å². The Kier molecular flexibility index (Phi) is 4.08. The van der Waals surface area contributed by atoms with Crippen LogP contribution in [0.15, 0.2) is 42.5 Å². The van der Waals surface area contributed by atoms with Crippen molar-refractivity contribution in [2.45, 2.75) is 13.0 Å². The number of fused-ring (bicyclic) bond motifs is 1. The quantitative estimate of drug-likeness (QED) is 0.620. The molecule has 1 unspecified atom stereocenters. The molecule has 0 bridgehead atoms. The van der Waals surface area contributed by atoms with Crippen LogP contribution in [0.1, 0.15) is 21.6 Å². The van der Waals surface area contributed by atoms with Crippen molar-refractivity contribution < 1.29 is 5.11 Å². The number of hydrogen-bond acceptors (Lipinski definition) is 3. The SMILES string of the molecule is CC(O)C#Cc1ccc(C#Cc2cc3ccccc3s2)s1. The highest BCUT2D eigenvalue weighted by molar-refractivity contribution is 7.19. The van der Waals surface area contributed by atoms with E-state index in [-0.39, 0.29) is 0 Å². The molecular weight excluding hydrogens is 296 g/mol. The fourth-order valence-corrected chi connectivity index (χ4v) is 3.45. The molecule has 3 aromatic rings. The molecule has 0 saturated carbocycles. The fraction of sp³-hybridized carbons (Fsp3) is 0.111. The molecule has 3 heteroatoms. The number of rotatable bonds is 0. The highest BCUT2D eigenvalue weighted by Crippen LogP contribution is 2.24. The highest BCUT2D eigenvalue weighted by Gasteiger charge is 1.98. The van der Waals surface area contributed by atoms with E-state index in [1.165, 1.54) is 10.1 Å². The van der Waals surface area contributed by atoms with Crippen LogP contribution < -0.4 is 0 Å². The smallest absolute Gasteiger partial charge is 0.112 e. The monoisotopic (exact) mass is 308 g/mol. The predicted molar refractivity (Wildman–Crippen MR) is 90.7 cm³/mol. The summed E-state index contributed by atoms with van der Waals surface area (Å²) in [6.45, 7) is 1.66. The molecule has 1 N–H and O–H groups in total. The maximum Gasteiger partial charge on any atom is 0.112 e. The Labute approximate surface area is 131 Å². The third kappa shape index (κ3) is 3.54. The lowest BCUT2D eigenvalue weighted by Gasteiger charge is -1.85. The van der Waals surface area contributed by atoms with E-state index >= 15 is 0 Å². The molecule has 0 saturated heterocycles. The van der Waals surface area contributed by atoms with Gasteiger partial charge in [-0.25, -0.2) is 0 Å². The molecular formula is C18H12OS2. The second kappa shape index (κ2) is 6.16. The number of thiophene rings is 2. The Morgan fingerprint density at radius 2 is 1.62 bits per heavy atom. The van der Waals surface area contributed by atoms with E-state index < -0.39 is 6.10 Å². The Morgan fingerprint density at radius 1 is 0.905 bits per heavy atom. The summed E-state index contributed by atoms with van der Waals surface area (Å²) in [6, 6.07) is 14.3. The van der Waals surface area contributed by atoms with E-state index in [2.05, 4.69) is 41.9 Å². The average molecular weight is 308 g/mol. The van der Waals surface area contributed by atoms with E-state index in [0.717, 1.165) is 14.6 Å². The zero-order valence-electron chi connectivity index (χ0n) is 11.4. The summed E-state index contributed by atoms with van der Waals surface area (Å²) >= 11 is 3.25. The van der Waals surface area contributed by atoms with Crippen molar-refractivity contribution in [3.8, 4) is 23.7 Å². The molecule has 2 aromatic heterocycles. The van der Waals surface area contributed by atoms with Crippen molar-refractivity contribution in [3.05, 3.63) is 57.1 Å². The van der Waals surface area contributed by atoms with Gasteiger partial charge in [0.25, 0.3) is 0 Å². The van der Waals surface area contributed by atoms with Gasteiger partial charge in [-0.1, -0.05) is 30.0 Å². The van der Waals surface area contributed by atoms with Crippen LogP contribution >= 0.6 is 22.7 Å². The van der Waals surface area contributed by atoms with Crippen molar-refractivity contribution in [1.82, 2.24) is 0 Å². The zero-order valence-corrected chi connectivity index (χ0v) is 13.0. The molecule has 0 radical (unpaired) electrons. The first kappa shape index (κ1) is 13.9. The van der Waals surface area contributed by atoms with Gasteiger partial charge in [-0.3, -0.25) is 0 Å². The molecule has 0 amide bonds. The van der Waals surface area contributed by atoms with Gasteiger partial charge in [0.05, 0.1) is 14.6 Å². The molecule has 102 valence electrons. The van der Waals surface area contributed by atoms with Crippen LogP contribution in [0.5, 0.6) is 0 Å². The van der Waals surface area contributed by atoms with E-state index in [1.807, 2.05) is 24.3 Å². The fourth-order valence-electron chi connectivity index (χ4n) is 1.81. The molecule has 0 spiro atoms. The maximum atomic E-state index is 9.15. The first-order valence-electron chi connectivity index (χ1n) is 6.51. The Morgan fingerprint density at radius 3 is 2.38 bits per heavy atom. The van der Waals surface area contributed by atoms with Crippen molar-refractivity contribution in [2.24, 2.45) is 0 Å². The van der Waals surface area contributed by atoms with E-state index in [9.17, 15) is 0 Å². The van der Waals surface area contributed by atoms with E-state index in [0.29, 0.717) is 0 Å². The molecule has 1 atom stereocenters. The normalized spacial score (nSPS) is 11.3. The third-order valence-corrected chi connectivity index (χ3v) is 4.69. The molecule has 0 aliphatic rings. The van der Waals surface area contributed by atoms with Crippen LogP contribution in [0, 0.1) is 23.7 Å². The van der Waals surface area contributed by atoms with Crippen LogP contribution in [0.3, 0.4) is 0 Å². The first-order chi connectivity index (χ1) is 10.2. The van der Waals surface area contributed by atoms with Gasteiger partial charge < -0.3 is 5.11 Å². The van der Waals surface area contributed by atoms with Crippen molar-refractivity contribution in [2.75, 3.05) is 0 Å².